The number of para-hydroxylation sites is 1. The predicted octanol–water partition coefficient (Wildman–Crippen LogP) is 1.56. The van der Waals surface area contributed by atoms with Gasteiger partial charge in [0.2, 0.25) is 11.9 Å². The maximum Gasteiger partial charge on any atom is 0.247 e. The molecule has 2 atom stereocenters. The van der Waals surface area contributed by atoms with E-state index in [0.29, 0.717) is 6.54 Å². The summed E-state index contributed by atoms with van der Waals surface area (Å²) < 4.78 is 0. The monoisotopic (exact) mass is 276 g/mol. The molecule has 0 spiro atoms. The first-order chi connectivity index (χ1) is 9.58. The topological polar surface area (TPSA) is 91.0 Å². The van der Waals surface area contributed by atoms with Crippen molar-refractivity contribution in [2.75, 3.05) is 5.32 Å². The number of hydrogen-bond donors (Lipinski definition) is 3. The summed E-state index contributed by atoms with van der Waals surface area (Å²) in [6.07, 6.45) is 0.823. The van der Waals surface area contributed by atoms with E-state index in [9.17, 15) is 4.79 Å². The van der Waals surface area contributed by atoms with Crippen LogP contribution in [0.3, 0.4) is 0 Å². The molecule has 1 aliphatic heterocycles. The third-order valence-electron chi connectivity index (χ3n) is 3.80. The van der Waals surface area contributed by atoms with Gasteiger partial charge >= 0.3 is 0 Å². The van der Waals surface area contributed by atoms with Gasteiger partial charge in [0.1, 0.15) is 6.04 Å². The highest BCUT2D eigenvalue weighted by Gasteiger charge is 2.35. The first-order valence-electron chi connectivity index (χ1n) is 6.71. The van der Waals surface area contributed by atoms with Crippen molar-refractivity contribution in [2.45, 2.75) is 32.9 Å². The van der Waals surface area contributed by atoms with Crippen LogP contribution in [0.4, 0.5) is 5.69 Å². The molecule has 0 saturated carbocycles. The van der Waals surface area contributed by atoms with Crippen LogP contribution in [0.5, 0.6) is 0 Å². The SMILES string of the molecule is CC[C@H](C)C1C(=O)Nc2ccccc2CN1C(N)=NO. The minimum Gasteiger partial charge on any atom is -0.408 e. The standard InChI is InChI=1S/C14H20N4O2/c1-3-9(2)12-13(19)16-11-7-5-4-6-10(11)8-18(12)14(15)17-20/h4-7,9,12,20H,3,8H2,1-2H3,(H2,15,17)(H,16,19)/t9-,12?/m0/s1. The molecule has 1 unspecified atom stereocenters. The number of carbonyl (C=O) groups excluding carboxylic acids is 1. The molecule has 0 bridgehead atoms. The van der Waals surface area contributed by atoms with Gasteiger partial charge in [-0.15, -0.1) is 0 Å². The fraction of sp³-hybridized carbons (Fsp3) is 0.429. The minimum atomic E-state index is -0.455. The third kappa shape index (κ3) is 2.54. The molecule has 108 valence electrons. The molecule has 1 amide bonds. The Labute approximate surface area is 118 Å². The number of hydrogen-bond acceptors (Lipinski definition) is 3. The smallest absolute Gasteiger partial charge is 0.247 e. The third-order valence-corrected chi connectivity index (χ3v) is 3.80. The minimum absolute atomic E-state index is 0.0397. The lowest BCUT2D eigenvalue weighted by atomic mass is 9.97. The van der Waals surface area contributed by atoms with Gasteiger partial charge in [-0.05, 0) is 17.5 Å². The van der Waals surface area contributed by atoms with E-state index in [2.05, 4.69) is 10.5 Å². The lowest BCUT2D eigenvalue weighted by Crippen LogP contribution is -2.51. The molecular weight excluding hydrogens is 256 g/mol. The average Bonchev–Trinajstić information content (AvgIpc) is 2.61. The summed E-state index contributed by atoms with van der Waals surface area (Å²) in [6.45, 7) is 4.43. The molecular formula is C14H20N4O2. The second-order valence-electron chi connectivity index (χ2n) is 5.06. The summed E-state index contributed by atoms with van der Waals surface area (Å²) in [5, 5.41) is 15.0. The van der Waals surface area contributed by atoms with Gasteiger partial charge in [0, 0.05) is 12.2 Å². The summed E-state index contributed by atoms with van der Waals surface area (Å²) in [7, 11) is 0. The Bertz CT molecular complexity index is 530. The van der Waals surface area contributed by atoms with Crippen LogP contribution < -0.4 is 11.1 Å². The number of guanidine groups is 1. The Morgan fingerprint density at radius 1 is 1.60 bits per heavy atom. The highest BCUT2D eigenvalue weighted by molar-refractivity contribution is 5.99. The van der Waals surface area contributed by atoms with Crippen molar-refractivity contribution in [3.63, 3.8) is 0 Å². The molecule has 20 heavy (non-hydrogen) atoms. The Kier molecular flexibility index (Phi) is 4.12. The molecule has 1 aliphatic rings. The molecule has 0 radical (unpaired) electrons. The van der Waals surface area contributed by atoms with Crippen LogP contribution in [0, 0.1) is 5.92 Å². The van der Waals surface area contributed by atoms with Gasteiger partial charge in [0.25, 0.3) is 0 Å². The molecule has 4 N–H and O–H groups in total. The van der Waals surface area contributed by atoms with Gasteiger partial charge in [-0.1, -0.05) is 43.6 Å². The number of nitrogens with zero attached hydrogens (tertiary/aromatic N) is 2. The lowest BCUT2D eigenvalue weighted by molar-refractivity contribution is -0.121. The zero-order chi connectivity index (χ0) is 14.7. The second kappa shape index (κ2) is 5.81. The first kappa shape index (κ1) is 14.2. The van der Waals surface area contributed by atoms with Crippen LogP contribution in [-0.2, 0) is 11.3 Å². The molecule has 0 aliphatic carbocycles. The zero-order valence-corrected chi connectivity index (χ0v) is 11.7. The molecule has 6 heteroatoms. The number of carbonyl (C=O) groups is 1. The van der Waals surface area contributed by atoms with E-state index >= 15 is 0 Å². The summed E-state index contributed by atoms with van der Waals surface area (Å²) in [4.78, 5) is 14.1. The van der Waals surface area contributed by atoms with Gasteiger partial charge in [0.05, 0.1) is 0 Å². The summed E-state index contributed by atoms with van der Waals surface area (Å²) in [5.41, 5.74) is 7.49. The number of fused-ring (bicyclic) bond motifs is 1. The van der Waals surface area contributed by atoms with Gasteiger partial charge in [-0.3, -0.25) is 4.79 Å². The van der Waals surface area contributed by atoms with E-state index in [1.807, 2.05) is 38.1 Å². The average molecular weight is 276 g/mol. The van der Waals surface area contributed by atoms with Gasteiger partial charge in [0.15, 0.2) is 0 Å². The highest BCUT2D eigenvalue weighted by Crippen LogP contribution is 2.26. The maximum atomic E-state index is 12.5. The molecule has 0 fully saturated rings. The van der Waals surface area contributed by atoms with E-state index in [1.165, 1.54) is 0 Å². The molecule has 1 aromatic rings. The van der Waals surface area contributed by atoms with Crippen molar-refractivity contribution in [1.29, 1.82) is 0 Å². The quantitative estimate of drug-likeness (QED) is 0.331. The second-order valence-corrected chi connectivity index (χ2v) is 5.06. The van der Waals surface area contributed by atoms with Crippen LogP contribution in [0.25, 0.3) is 0 Å². The molecule has 6 nitrogen and oxygen atoms in total. The van der Waals surface area contributed by atoms with Crippen molar-refractivity contribution < 1.29 is 10.0 Å². The zero-order valence-electron chi connectivity index (χ0n) is 11.7. The number of amides is 1. The fourth-order valence-electron chi connectivity index (χ4n) is 2.48. The fourth-order valence-corrected chi connectivity index (χ4v) is 2.48. The molecule has 1 aromatic carbocycles. The Morgan fingerprint density at radius 3 is 2.95 bits per heavy atom. The predicted molar refractivity (Wildman–Crippen MR) is 77.3 cm³/mol. The molecule has 2 rings (SSSR count). The van der Waals surface area contributed by atoms with Gasteiger partial charge in [-0.2, -0.15) is 0 Å². The molecule has 0 aromatic heterocycles. The number of benzene rings is 1. The number of oxime groups is 1. The Morgan fingerprint density at radius 2 is 2.30 bits per heavy atom. The normalized spacial score (nSPS) is 20.9. The van der Waals surface area contributed by atoms with Crippen molar-refractivity contribution in [3.8, 4) is 0 Å². The van der Waals surface area contributed by atoms with Crippen molar-refractivity contribution in [2.24, 2.45) is 16.8 Å². The van der Waals surface area contributed by atoms with Crippen LogP contribution in [0.1, 0.15) is 25.8 Å². The number of rotatable bonds is 2. The highest BCUT2D eigenvalue weighted by atomic mass is 16.4. The van der Waals surface area contributed by atoms with E-state index in [0.717, 1.165) is 17.7 Å². The van der Waals surface area contributed by atoms with Crippen LogP contribution in [0.15, 0.2) is 29.4 Å². The maximum absolute atomic E-state index is 12.5. The van der Waals surface area contributed by atoms with E-state index in [1.54, 1.807) is 4.90 Å². The van der Waals surface area contributed by atoms with Crippen molar-refractivity contribution in [3.05, 3.63) is 29.8 Å². The number of nitrogens with two attached hydrogens (primary N) is 1. The number of nitrogens with one attached hydrogen (secondary N) is 1. The molecule has 1 heterocycles. The molecule has 0 saturated heterocycles. The summed E-state index contributed by atoms with van der Waals surface area (Å²) in [6, 6.07) is 7.10. The summed E-state index contributed by atoms with van der Waals surface area (Å²) >= 11 is 0. The van der Waals surface area contributed by atoms with E-state index < -0.39 is 6.04 Å². The lowest BCUT2D eigenvalue weighted by Gasteiger charge is -2.32. The van der Waals surface area contributed by atoms with E-state index in [-0.39, 0.29) is 17.8 Å². The van der Waals surface area contributed by atoms with Gasteiger partial charge in [-0.25, -0.2) is 0 Å². The number of anilines is 1. The largest absolute Gasteiger partial charge is 0.408 e. The Balaban J connectivity index is 2.45. The van der Waals surface area contributed by atoms with E-state index in [4.69, 9.17) is 10.9 Å². The van der Waals surface area contributed by atoms with Crippen LogP contribution in [-0.4, -0.2) is 28.0 Å². The van der Waals surface area contributed by atoms with Crippen LogP contribution in [0.2, 0.25) is 0 Å². The van der Waals surface area contributed by atoms with Crippen molar-refractivity contribution in [1.82, 2.24) is 4.90 Å². The Hall–Kier alpha value is -2.24. The van der Waals surface area contributed by atoms with Crippen LogP contribution >= 0.6 is 0 Å². The van der Waals surface area contributed by atoms with Crippen molar-refractivity contribution >= 4 is 17.6 Å². The summed E-state index contributed by atoms with van der Waals surface area (Å²) in [5.74, 6) is -0.0809. The first-order valence-corrected chi connectivity index (χ1v) is 6.71. The van der Waals surface area contributed by atoms with Gasteiger partial charge < -0.3 is 21.2 Å².